The zero-order chi connectivity index (χ0) is 6.41. The van der Waals surface area contributed by atoms with E-state index in [1.54, 1.807) is 0 Å². The maximum absolute atomic E-state index is 9.92. The van der Waals surface area contributed by atoms with Crippen LogP contribution in [0.1, 0.15) is 19.8 Å². The van der Waals surface area contributed by atoms with Crippen molar-refractivity contribution in [2.45, 2.75) is 25.9 Å². The Balaban J connectivity index is 3.21. The Labute approximate surface area is 48.8 Å². The summed E-state index contributed by atoms with van der Waals surface area (Å²) in [5.74, 6) is 4.74. The predicted molar refractivity (Wildman–Crippen MR) is 30.0 cm³/mol. The summed E-state index contributed by atoms with van der Waals surface area (Å²) >= 11 is 0. The molecule has 0 aromatic heterocycles. The first-order chi connectivity index (χ1) is 3.85. The van der Waals surface area contributed by atoms with E-state index in [0.29, 0.717) is 12.7 Å². The smallest absolute Gasteiger partial charge is 0.150 e. The van der Waals surface area contributed by atoms with E-state index in [9.17, 15) is 4.79 Å². The van der Waals surface area contributed by atoms with Crippen LogP contribution in [0.4, 0.5) is 0 Å². The summed E-state index contributed by atoms with van der Waals surface area (Å²) in [5.41, 5.74) is 0. The van der Waals surface area contributed by atoms with Crippen molar-refractivity contribution in [3.05, 3.63) is 0 Å². The number of carbonyl (C=O) groups excluding carboxylic acids is 1. The summed E-state index contributed by atoms with van der Waals surface area (Å²) in [4.78, 5) is 14.2. The van der Waals surface area contributed by atoms with Crippen molar-refractivity contribution in [2.24, 2.45) is 5.90 Å². The molecule has 0 amide bonds. The predicted octanol–water partition coefficient (Wildman–Crippen LogP) is 0.244. The van der Waals surface area contributed by atoms with Gasteiger partial charge in [-0.2, -0.15) is 0 Å². The summed E-state index contributed by atoms with van der Waals surface area (Å²) in [5, 5.41) is 0. The van der Waals surface area contributed by atoms with Gasteiger partial charge in [-0.25, -0.2) is 5.90 Å². The topological polar surface area (TPSA) is 52.3 Å². The van der Waals surface area contributed by atoms with Crippen molar-refractivity contribution < 1.29 is 9.63 Å². The standard InChI is InChI=1S/C5H11NO2/c1-2-3-5(4-7)8-6/h4-5H,2-3,6H2,1H3. The van der Waals surface area contributed by atoms with Crippen LogP contribution >= 0.6 is 0 Å². The minimum Gasteiger partial charge on any atom is -0.300 e. The van der Waals surface area contributed by atoms with Gasteiger partial charge in [-0.3, -0.25) is 4.84 Å². The van der Waals surface area contributed by atoms with Gasteiger partial charge in [0.05, 0.1) is 0 Å². The molecule has 3 heteroatoms. The molecular formula is C5H11NO2. The first kappa shape index (κ1) is 7.59. The first-order valence-corrected chi connectivity index (χ1v) is 2.66. The number of hydrogen-bond acceptors (Lipinski definition) is 3. The van der Waals surface area contributed by atoms with Crippen LogP contribution in [-0.4, -0.2) is 12.4 Å². The maximum atomic E-state index is 9.92. The first-order valence-electron chi connectivity index (χ1n) is 2.66. The third-order valence-corrected chi connectivity index (χ3v) is 0.900. The normalized spacial score (nSPS) is 13.2. The van der Waals surface area contributed by atoms with Gasteiger partial charge in [0.1, 0.15) is 6.10 Å². The van der Waals surface area contributed by atoms with E-state index in [4.69, 9.17) is 5.90 Å². The Hall–Kier alpha value is -0.410. The van der Waals surface area contributed by atoms with E-state index in [-0.39, 0.29) is 0 Å². The van der Waals surface area contributed by atoms with Crippen molar-refractivity contribution >= 4 is 6.29 Å². The fourth-order valence-electron chi connectivity index (χ4n) is 0.453. The summed E-state index contributed by atoms with van der Waals surface area (Å²) in [7, 11) is 0. The molecule has 8 heavy (non-hydrogen) atoms. The molecule has 3 nitrogen and oxygen atoms in total. The molecule has 0 aliphatic rings. The number of hydrogen-bond donors (Lipinski definition) is 1. The van der Waals surface area contributed by atoms with Gasteiger partial charge in [-0.1, -0.05) is 13.3 Å². The van der Waals surface area contributed by atoms with Gasteiger partial charge in [0.25, 0.3) is 0 Å². The Morgan fingerprint density at radius 2 is 2.50 bits per heavy atom. The highest BCUT2D eigenvalue weighted by Gasteiger charge is 2.01. The molecule has 0 spiro atoms. The van der Waals surface area contributed by atoms with Crippen LogP contribution in [0.15, 0.2) is 0 Å². The van der Waals surface area contributed by atoms with Crippen LogP contribution in [0.2, 0.25) is 0 Å². The molecule has 0 rings (SSSR count). The molecule has 0 aliphatic heterocycles. The van der Waals surface area contributed by atoms with Gasteiger partial charge >= 0.3 is 0 Å². The second kappa shape index (κ2) is 4.74. The van der Waals surface area contributed by atoms with Crippen molar-refractivity contribution in [1.29, 1.82) is 0 Å². The van der Waals surface area contributed by atoms with Crippen LogP contribution < -0.4 is 5.90 Å². The Morgan fingerprint density at radius 1 is 1.88 bits per heavy atom. The Morgan fingerprint density at radius 3 is 2.62 bits per heavy atom. The van der Waals surface area contributed by atoms with E-state index in [1.807, 2.05) is 6.92 Å². The zero-order valence-corrected chi connectivity index (χ0v) is 4.96. The lowest BCUT2D eigenvalue weighted by Crippen LogP contribution is -2.17. The van der Waals surface area contributed by atoms with E-state index in [1.165, 1.54) is 0 Å². The van der Waals surface area contributed by atoms with E-state index < -0.39 is 6.10 Å². The highest BCUT2D eigenvalue weighted by atomic mass is 16.6. The molecule has 48 valence electrons. The molecule has 0 bridgehead atoms. The van der Waals surface area contributed by atoms with Gasteiger partial charge in [0.2, 0.25) is 0 Å². The minimum absolute atomic E-state index is 0.403. The maximum Gasteiger partial charge on any atom is 0.150 e. The van der Waals surface area contributed by atoms with Crippen molar-refractivity contribution in [1.82, 2.24) is 0 Å². The van der Waals surface area contributed by atoms with Crippen LogP contribution in [0, 0.1) is 0 Å². The second-order valence-electron chi connectivity index (χ2n) is 1.60. The molecule has 0 fully saturated rings. The molecule has 1 atom stereocenters. The van der Waals surface area contributed by atoms with Crippen molar-refractivity contribution in [3.8, 4) is 0 Å². The summed E-state index contributed by atoms with van der Waals surface area (Å²) < 4.78 is 0. The number of nitrogens with two attached hydrogens (primary N) is 1. The van der Waals surface area contributed by atoms with Gasteiger partial charge < -0.3 is 4.79 Å². The molecule has 0 aromatic carbocycles. The fraction of sp³-hybridized carbons (Fsp3) is 0.800. The Bertz CT molecular complexity index is 65.4. The second-order valence-corrected chi connectivity index (χ2v) is 1.60. The van der Waals surface area contributed by atoms with Gasteiger partial charge in [-0.15, -0.1) is 0 Å². The Kier molecular flexibility index (Phi) is 4.50. The molecule has 0 saturated carbocycles. The molecule has 0 aliphatic carbocycles. The van der Waals surface area contributed by atoms with Gasteiger partial charge in [0, 0.05) is 0 Å². The van der Waals surface area contributed by atoms with Crippen LogP contribution in [0.25, 0.3) is 0 Å². The van der Waals surface area contributed by atoms with Crippen LogP contribution in [0.5, 0.6) is 0 Å². The van der Waals surface area contributed by atoms with Crippen LogP contribution in [0.3, 0.4) is 0 Å². The molecule has 0 radical (unpaired) electrons. The third kappa shape index (κ3) is 2.71. The summed E-state index contributed by atoms with van der Waals surface area (Å²) in [6, 6.07) is 0. The lowest BCUT2D eigenvalue weighted by atomic mass is 10.2. The molecule has 0 aromatic rings. The average molecular weight is 117 g/mol. The molecular weight excluding hydrogens is 106 g/mol. The van der Waals surface area contributed by atoms with Crippen molar-refractivity contribution in [2.75, 3.05) is 0 Å². The minimum atomic E-state index is -0.403. The molecule has 0 saturated heterocycles. The third-order valence-electron chi connectivity index (χ3n) is 0.900. The lowest BCUT2D eigenvalue weighted by molar-refractivity contribution is -0.118. The van der Waals surface area contributed by atoms with E-state index in [0.717, 1.165) is 6.42 Å². The van der Waals surface area contributed by atoms with Gasteiger partial charge in [0.15, 0.2) is 6.29 Å². The highest BCUT2D eigenvalue weighted by molar-refractivity contribution is 5.55. The fourth-order valence-corrected chi connectivity index (χ4v) is 0.453. The SMILES string of the molecule is CCCC(C=O)ON. The van der Waals surface area contributed by atoms with E-state index in [2.05, 4.69) is 4.84 Å². The quantitative estimate of drug-likeness (QED) is 0.424. The molecule has 0 heterocycles. The number of carbonyl (C=O) groups is 1. The van der Waals surface area contributed by atoms with Gasteiger partial charge in [-0.05, 0) is 6.42 Å². The molecule has 1 unspecified atom stereocenters. The summed E-state index contributed by atoms with van der Waals surface area (Å²) in [6.07, 6.45) is 1.93. The largest absolute Gasteiger partial charge is 0.300 e. The highest BCUT2D eigenvalue weighted by Crippen LogP contribution is 1.94. The number of aldehydes is 1. The monoisotopic (exact) mass is 117 g/mol. The number of rotatable bonds is 4. The lowest BCUT2D eigenvalue weighted by Gasteiger charge is -2.02. The average Bonchev–Trinajstić information content (AvgIpc) is 1.83. The van der Waals surface area contributed by atoms with Crippen LogP contribution in [-0.2, 0) is 9.63 Å². The van der Waals surface area contributed by atoms with E-state index >= 15 is 0 Å². The zero-order valence-electron chi connectivity index (χ0n) is 4.96. The van der Waals surface area contributed by atoms with Crippen molar-refractivity contribution in [3.63, 3.8) is 0 Å². The molecule has 2 N–H and O–H groups in total. The summed E-state index contributed by atoms with van der Waals surface area (Å²) in [6.45, 7) is 1.97.